The maximum absolute atomic E-state index is 10.1. The van der Waals surface area contributed by atoms with E-state index in [1.165, 1.54) is 0 Å². The molecule has 8 heavy (non-hydrogen) atoms. The number of hydrogen-bond acceptors (Lipinski definition) is 2. The van der Waals surface area contributed by atoms with E-state index in [1.807, 2.05) is 0 Å². The van der Waals surface area contributed by atoms with Gasteiger partial charge in [-0.15, -0.1) is 0 Å². The number of nitrogens with zero attached hydrogens (tertiary/aromatic N) is 1. The van der Waals surface area contributed by atoms with Crippen LogP contribution in [0.4, 0.5) is 4.79 Å². The second-order valence-electron chi connectivity index (χ2n) is 1.68. The molecule has 0 saturated carbocycles. The summed E-state index contributed by atoms with van der Waals surface area (Å²) in [6.07, 6.45) is 1.11. The van der Waals surface area contributed by atoms with E-state index in [9.17, 15) is 4.79 Å². The summed E-state index contributed by atoms with van der Waals surface area (Å²) < 4.78 is 0. The quantitative estimate of drug-likeness (QED) is 0.465. The molecule has 0 aliphatic carbocycles. The summed E-state index contributed by atoms with van der Waals surface area (Å²) in [5.74, 6) is 0. The van der Waals surface area contributed by atoms with Gasteiger partial charge in [0, 0.05) is 13.1 Å². The molecule has 0 aromatic rings. The number of likely N-dealkylation sites (tertiary alicyclic amines) is 1. The van der Waals surface area contributed by atoms with Crippen LogP contribution >= 0.6 is 0 Å². The molecular formula is C4H11N3O. The minimum atomic E-state index is -0.286. The highest BCUT2D eigenvalue weighted by atomic mass is 16.2. The van der Waals surface area contributed by atoms with Crippen molar-refractivity contribution in [3.8, 4) is 0 Å². The zero-order valence-corrected chi connectivity index (χ0v) is 4.76. The van der Waals surface area contributed by atoms with E-state index in [4.69, 9.17) is 5.73 Å². The molecule has 5 N–H and O–H groups in total. The van der Waals surface area contributed by atoms with Gasteiger partial charge in [-0.2, -0.15) is 0 Å². The van der Waals surface area contributed by atoms with E-state index in [0.717, 1.165) is 19.5 Å². The first-order valence-corrected chi connectivity index (χ1v) is 2.35. The lowest BCUT2D eigenvalue weighted by Crippen LogP contribution is -2.45. The van der Waals surface area contributed by atoms with Gasteiger partial charge < -0.3 is 16.8 Å². The van der Waals surface area contributed by atoms with E-state index >= 15 is 0 Å². The smallest absolute Gasteiger partial charge is 0.314 e. The average molecular weight is 117 g/mol. The third-order valence-corrected chi connectivity index (χ3v) is 1.17. The lowest BCUT2D eigenvalue weighted by Gasteiger charge is -2.28. The maximum atomic E-state index is 10.1. The van der Waals surface area contributed by atoms with Gasteiger partial charge in [-0.3, -0.25) is 0 Å². The number of carbonyl (C=O) groups excluding carboxylic acids is 1. The van der Waals surface area contributed by atoms with E-state index < -0.39 is 0 Å². The molecule has 0 bridgehead atoms. The maximum Gasteiger partial charge on any atom is 0.314 e. The summed E-state index contributed by atoms with van der Waals surface area (Å²) in [4.78, 5) is 11.7. The fraction of sp³-hybridized carbons (Fsp3) is 0.750. The van der Waals surface area contributed by atoms with Gasteiger partial charge in [0.15, 0.2) is 0 Å². The number of rotatable bonds is 0. The van der Waals surface area contributed by atoms with Crippen LogP contribution in [0.25, 0.3) is 0 Å². The van der Waals surface area contributed by atoms with Gasteiger partial charge in [0.25, 0.3) is 0 Å². The molecule has 0 aromatic carbocycles. The zero-order chi connectivity index (χ0) is 5.28. The molecule has 4 heteroatoms. The molecule has 4 nitrogen and oxygen atoms in total. The summed E-state index contributed by atoms with van der Waals surface area (Å²) in [6.45, 7) is 1.71. The Morgan fingerprint density at radius 1 is 1.50 bits per heavy atom. The van der Waals surface area contributed by atoms with Crippen LogP contribution in [0.2, 0.25) is 0 Å². The Bertz CT molecular complexity index is 89.3. The zero-order valence-electron chi connectivity index (χ0n) is 4.76. The molecule has 0 atom stereocenters. The Balaban J connectivity index is 0.000000490. The molecule has 0 unspecified atom stereocenters. The second kappa shape index (κ2) is 2.52. The van der Waals surface area contributed by atoms with Crippen molar-refractivity contribution in [2.75, 3.05) is 13.1 Å². The van der Waals surface area contributed by atoms with Crippen molar-refractivity contribution < 1.29 is 4.79 Å². The Kier molecular flexibility index (Phi) is 2.27. The summed E-state index contributed by atoms with van der Waals surface area (Å²) >= 11 is 0. The van der Waals surface area contributed by atoms with E-state index in [2.05, 4.69) is 0 Å². The Hall–Kier alpha value is -0.770. The predicted molar refractivity (Wildman–Crippen MR) is 30.8 cm³/mol. The number of urea groups is 1. The minimum absolute atomic E-state index is 0. The number of nitrogens with two attached hydrogens (primary N) is 1. The highest BCUT2D eigenvalue weighted by Gasteiger charge is 2.15. The number of amides is 2. The fourth-order valence-electron chi connectivity index (χ4n) is 0.537. The molecule has 1 saturated heterocycles. The van der Waals surface area contributed by atoms with Crippen LogP contribution in [0.5, 0.6) is 0 Å². The third-order valence-electron chi connectivity index (χ3n) is 1.17. The van der Waals surface area contributed by atoms with Crippen LogP contribution in [0.1, 0.15) is 6.42 Å². The molecule has 1 fully saturated rings. The first kappa shape index (κ1) is 7.23. The molecule has 1 rings (SSSR count). The Labute approximate surface area is 48.2 Å². The molecule has 1 aliphatic heterocycles. The molecule has 2 amide bonds. The second-order valence-corrected chi connectivity index (χ2v) is 1.68. The van der Waals surface area contributed by atoms with Crippen LogP contribution in [-0.2, 0) is 0 Å². The minimum Gasteiger partial charge on any atom is -0.351 e. The van der Waals surface area contributed by atoms with Gasteiger partial charge in [0.05, 0.1) is 0 Å². The van der Waals surface area contributed by atoms with Crippen molar-refractivity contribution in [1.29, 1.82) is 0 Å². The number of carbonyl (C=O) groups is 1. The summed E-state index contributed by atoms with van der Waals surface area (Å²) in [6, 6.07) is -0.286. The third kappa shape index (κ3) is 1.10. The molecule has 0 radical (unpaired) electrons. The lowest BCUT2D eigenvalue weighted by molar-refractivity contribution is 0.177. The fourth-order valence-corrected chi connectivity index (χ4v) is 0.537. The van der Waals surface area contributed by atoms with Gasteiger partial charge in [0.1, 0.15) is 0 Å². The van der Waals surface area contributed by atoms with Gasteiger partial charge in [0.2, 0.25) is 0 Å². The average Bonchev–Trinajstić information content (AvgIpc) is 1.23. The molecular weight excluding hydrogens is 106 g/mol. The SMILES string of the molecule is N.NC(=O)N1CCC1. The Morgan fingerprint density at radius 3 is 2.00 bits per heavy atom. The van der Waals surface area contributed by atoms with Crippen LogP contribution in [0.3, 0.4) is 0 Å². The molecule has 1 heterocycles. The number of primary amides is 1. The summed E-state index contributed by atoms with van der Waals surface area (Å²) in [7, 11) is 0. The normalized spacial score (nSPS) is 16.2. The number of hydrogen-bond donors (Lipinski definition) is 2. The van der Waals surface area contributed by atoms with Gasteiger partial charge >= 0.3 is 6.03 Å². The van der Waals surface area contributed by atoms with Crippen molar-refractivity contribution in [2.24, 2.45) is 5.73 Å². The van der Waals surface area contributed by atoms with Crippen molar-refractivity contribution in [3.63, 3.8) is 0 Å². The predicted octanol–water partition coefficient (Wildman–Crippen LogP) is -0.0672. The first-order valence-electron chi connectivity index (χ1n) is 2.35. The van der Waals surface area contributed by atoms with Crippen molar-refractivity contribution in [2.45, 2.75) is 6.42 Å². The van der Waals surface area contributed by atoms with Gasteiger partial charge in [-0.05, 0) is 6.42 Å². The first-order chi connectivity index (χ1) is 3.30. The summed E-state index contributed by atoms with van der Waals surface area (Å²) in [5.41, 5.74) is 4.88. The van der Waals surface area contributed by atoms with Gasteiger partial charge in [-0.1, -0.05) is 0 Å². The monoisotopic (exact) mass is 117 g/mol. The van der Waals surface area contributed by atoms with Crippen molar-refractivity contribution >= 4 is 6.03 Å². The largest absolute Gasteiger partial charge is 0.351 e. The van der Waals surface area contributed by atoms with Crippen LogP contribution < -0.4 is 11.9 Å². The molecule has 0 spiro atoms. The van der Waals surface area contributed by atoms with Gasteiger partial charge in [-0.25, -0.2) is 4.79 Å². The highest BCUT2D eigenvalue weighted by Crippen LogP contribution is 2.02. The molecule has 0 aromatic heterocycles. The van der Waals surface area contributed by atoms with Crippen LogP contribution in [-0.4, -0.2) is 24.0 Å². The lowest BCUT2D eigenvalue weighted by atomic mass is 10.2. The summed E-state index contributed by atoms with van der Waals surface area (Å²) in [5, 5.41) is 0. The van der Waals surface area contributed by atoms with Crippen LogP contribution in [0.15, 0.2) is 0 Å². The van der Waals surface area contributed by atoms with E-state index in [-0.39, 0.29) is 12.2 Å². The Morgan fingerprint density at radius 2 is 2.00 bits per heavy atom. The van der Waals surface area contributed by atoms with Crippen molar-refractivity contribution in [1.82, 2.24) is 11.1 Å². The van der Waals surface area contributed by atoms with E-state index in [0.29, 0.717) is 0 Å². The standard InChI is InChI=1S/C4H8N2O.H3N/c5-4(7)6-2-1-3-6;/h1-3H2,(H2,5,7);1H3. The molecule has 1 aliphatic rings. The van der Waals surface area contributed by atoms with E-state index in [1.54, 1.807) is 4.90 Å². The van der Waals surface area contributed by atoms with Crippen LogP contribution in [0, 0.1) is 0 Å². The van der Waals surface area contributed by atoms with Crippen molar-refractivity contribution in [3.05, 3.63) is 0 Å². The topological polar surface area (TPSA) is 81.3 Å². The molecule has 48 valence electrons. The highest BCUT2D eigenvalue weighted by molar-refractivity contribution is 5.72.